The first-order chi connectivity index (χ1) is 6.65. The smallest absolute Gasteiger partial charge is 0.263 e. The normalized spacial score (nSPS) is 12.9. The first-order valence-electron chi connectivity index (χ1n) is 4.40. The Morgan fingerprint density at radius 3 is 2.86 bits per heavy atom. The van der Waals surface area contributed by atoms with Crippen molar-refractivity contribution in [2.45, 2.75) is 19.9 Å². The molecule has 0 fully saturated rings. The molecule has 1 unspecified atom stereocenters. The molecule has 1 aromatic rings. The number of nitrogens with one attached hydrogen (secondary N) is 1. The topological polar surface area (TPSA) is 42.0 Å². The highest BCUT2D eigenvalue weighted by Gasteiger charge is 2.16. The molecule has 78 valence electrons. The standard InChI is InChI=1S/C9H13BrN2OS/c1-6(2)7(3-10)12-9(13)8-4-11-5-14-8/h4-7H,3H2,1-2H3,(H,12,13). The lowest BCUT2D eigenvalue weighted by Crippen LogP contribution is -2.39. The summed E-state index contributed by atoms with van der Waals surface area (Å²) in [5, 5.41) is 3.73. The highest BCUT2D eigenvalue weighted by Crippen LogP contribution is 2.09. The van der Waals surface area contributed by atoms with Crippen LogP contribution in [0.3, 0.4) is 0 Å². The summed E-state index contributed by atoms with van der Waals surface area (Å²) in [4.78, 5) is 16.1. The van der Waals surface area contributed by atoms with Crippen LogP contribution in [0.5, 0.6) is 0 Å². The third kappa shape index (κ3) is 3.06. The van der Waals surface area contributed by atoms with Gasteiger partial charge in [-0.2, -0.15) is 0 Å². The van der Waals surface area contributed by atoms with Crippen molar-refractivity contribution in [1.82, 2.24) is 10.3 Å². The lowest BCUT2D eigenvalue weighted by Gasteiger charge is -2.19. The maximum Gasteiger partial charge on any atom is 0.263 e. The fourth-order valence-electron chi connectivity index (χ4n) is 0.951. The summed E-state index contributed by atoms with van der Waals surface area (Å²) in [7, 11) is 0. The summed E-state index contributed by atoms with van der Waals surface area (Å²) >= 11 is 4.74. The van der Waals surface area contributed by atoms with Gasteiger partial charge in [-0.15, -0.1) is 11.3 Å². The minimum atomic E-state index is -0.0364. The van der Waals surface area contributed by atoms with Crippen molar-refractivity contribution in [2.75, 3.05) is 5.33 Å². The second-order valence-electron chi connectivity index (χ2n) is 3.34. The van der Waals surface area contributed by atoms with Crippen molar-refractivity contribution in [3.8, 4) is 0 Å². The number of amides is 1. The Kier molecular flexibility index (Phi) is 4.54. The molecule has 0 radical (unpaired) electrons. The molecule has 0 saturated heterocycles. The minimum absolute atomic E-state index is 0.0364. The quantitative estimate of drug-likeness (QED) is 0.858. The Bertz CT molecular complexity index is 287. The molecule has 0 spiro atoms. The highest BCUT2D eigenvalue weighted by atomic mass is 79.9. The van der Waals surface area contributed by atoms with E-state index in [0.717, 1.165) is 5.33 Å². The molecule has 3 nitrogen and oxygen atoms in total. The van der Waals surface area contributed by atoms with Crippen LogP contribution in [-0.4, -0.2) is 22.3 Å². The number of aromatic nitrogens is 1. The van der Waals surface area contributed by atoms with Crippen LogP contribution in [0.4, 0.5) is 0 Å². The van der Waals surface area contributed by atoms with Crippen LogP contribution < -0.4 is 5.32 Å². The van der Waals surface area contributed by atoms with Crippen molar-refractivity contribution >= 4 is 33.2 Å². The molecule has 14 heavy (non-hydrogen) atoms. The van der Waals surface area contributed by atoms with Gasteiger partial charge in [-0.1, -0.05) is 29.8 Å². The molecule has 1 N–H and O–H groups in total. The molecule has 0 bridgehead atoms. The summed E-state index contributed by atoms with van der Waals surface area (Å²) in [6.07, 6.45) is 1.59. The highest BCUT2D eigenvalue weighted by molar-refractivity contribution is 9.09. The van der Waals surface area contributed by atoms with Gasteiger partial charge in [0.15, 0.2) is 0 Å². The van der Waals surface area contributed by atoms with Crippen molar-refractivity contribution in [2.24, 2.45) is 5.92 Å². The van der Waals surface area contributed by atoms with Crippen molar-refractivity contribution < 1.29 is 4.79 Å². The van der Waals surface area contributed by atoms with E-state index in [0.29, 0.717) is 10.8 Å². The third-order valence-corrected chi connectivity index (χ3v) is 3.41. The fourth-order valence-corrected chi connectivity index (χ4v) is 2.38. The first kappa shape index (κ1) is 11.7. The zero-order valence-electron chi connectivity index (χ0n) is 8.16. The molecule has 0 aliphatic carbocycles. The molecule has 1 atom stereocenters. The summed E-state index contributed by atoms with van der Waals surface area (Å²) in [5.41, 5.74) is 1.66. The molecule has 1 aromatic heterocycles. The van der Waals surface area contributed by atoms with Gasteiger partial charge in [-0.3, -0.25) is 9.78 Å². The van der Waals surface area contributed by atoms with Crippen LogP contribution in [0.1, 0.15) is 23.5 Å². The monoisotopic (exact) mass is 276 g/mol. The Balaban J connectivity index is 2.56. The fraction of sp³-hybridized carbons (Fsp3) is 0.556. The molecule has 0 saturated carbocycles. The molecular weight excluding hydrogens is 264 g/mol. The van der Waals surface area contributed by atoms with Crippen LogP contribution in [-0.2, 0) is 0 Å². The number of halogens is 1. The average molecular weight is 277 g/mol. The predicted octanol–water partition coefficient (Wildman–Crippen LogP) is 2.29. The summed E-state index contributed by atoms with van der Waals surface area (Å²) in [6.45, 7) is 4.16. The number of carbonyl (C=O) groups excluding carboxylic acids is 1. The van der Waals surface area contributed by atoms with Crippen molar-refractivity contribution in [3.63, 3.8) is 0 Å². The zero-order valence-corrected chi connectivity index (χ0v) is 10.6. The first-order valence-corrected chi connectivity index (χ1v) is 6.40. The molecule has 0 aromatic carbocycles. The molecular formula is C9H13BrN2OS. The van der Waals surface area contributed by atoms with Gasteiger partial charge in [0.1, 0.15) is 4.88 Å². The second kappa shape index (κ2) is 5.46. The summed E-state index contributed by atoms with van der Waals surface area (Å²) in [5.74, 6) is 0.386. The predicted molar refractivity (Wildman–Crippen MR) is 62.0 cm³/mol. The summed E-state index contributed by atoms with van der Waals surface area (Å²) in [6, 6.07) is 0.171. The van der Waals surface area contributed by atoms with Gasteiger partial charge < -0.3 is 5.32 Å². The van der Waals surface area contributed by atoms with Gasteiger partial charge in [0.2, 0.25) is 0 Å². The van der Waals surface area contributed by atoms with E-state index in [1.807, 2.05) is 0 Å². The molecule has 0 aliphatic rings. The van der Waals surface area contributed by atoms with Crippen LogP contribution in [0.15, 0.2) is 11.7 Å². The number of nitrogens with zero attached hydrogens (tertiary/aromatic N) is 1. The van der Waals surface area contributed by atoms with E-state index >= 15 is 0 Å². The van der Waals surface area contributed by atoms with Crippen molar-refractivity contribution in [1.29, 1.82) is 0 Å². The molecule has 5 heteroatoms. The molecule has 1 heterocycles. The van der Waals surface area contributed by atoms with E-state index in [2.05, 4.69) is 40.1 Å². The van der Waals surface area contributed by atoms with Crippen LogP contribution >= 0.6 is 27.3 Å². The van der Waals surface area contributed by atoms with E-state index in [4.69, 9.17) is 0 Å². The number of carbonyl (C=O) groups is 1. The van der Waals surface area contributed by atoms with Crippen LogP contribution in [0, 0.1) is 5.92 Å². The largest absolute Gasteiger partial charge is 0.347 e. The number of alkyl halides is 1. The van der Waals surface area contributed by atoms with E-state index in [-0.39, 0.29) is 11.9 Å². The number of hydrogen-bond acceptors (Lipinski definition) is 3. The van der Waals surface area contributed by atoms with E-state index in [9.17, 15) is 4.79 Å². The molecule has 0 aliphatic heterocycles. The Morgan fingerprint density at radius 1 is 1.71 bits per heavy atom. The van der Waals surface area contributed by atoms with Gasteiger partial charge in [0, 0.05) is 11.4 Å². The third-order valence-electron chi connectivity index (χ3n) is 1.94. The number of thiazole rings is 1. The van der Waals surface area contributed by atoms with Gasteiger partial charge in [-0.25, -0.2) is 0 Å². The van der Waals surface area contributed by atoms with Crippen LogP contribution in [0.2, 0.25) is 0 Å². The van der Waals surface area contributed by atoms with Crippen LogP contribution in [0.25, 0.3) is 0 Å². The maximum atomic E-state index is 11.6. The summed E-state index contributed by atoms with van der Waals surface area (Å²) < 4.78 is 0. The minimum Gasteiger partial charge on any atom is -0.347 e. The van der Waals surface area contributed by atoms with Gasteiger partial charge in [-0.05, 0) is 5.92 Å². The lowest BCUT2D eigenvalue weighted by atomic mass is 10.1. The molecule has 1 amide bonds. The Morgan fingerprint density at radius 2 is 2.43 bits per heavy atom. The average Bonchev–Trinajstić information content (AvgIpc) is 2.65. The number of rotatable bonds is 4. The lowest BCUT2D eigenvalue weighted by molar-refractivity contribution is 0.0935. The molecule has 1 rings (SSSR count). The van der Waals surface area contributed by atoms with E-state index in [1.165, 1.54) is 11.3 Å². The second-order valence-corrected chi connectivity index (χ2v) is 4.88. The van der Waals surface area contributed by atoms with Gasteiger partial charge >= 0.3 is 0 Å². The van der Waals surface area contributed by atoms with E-state index in [1.54, 1.807) is 11.7 Å². The zero-order chi connectivity index (χ0) is 10.6. The maximum absolute atomic E-state index is 11.6. The van der Waals surface area contributed by atoms with E-state index < -0.39 is 0 Å². The van der Waals surface area contributed by atoms with Gasteiger partial charge in [0.25, 0.3) is 5.91 Å². The Labute approximate surface area is 96.1 Å². The number of hydrogen-bond donors (Lipinski definition) is 1. The Hall–Kier alpha value is -0.420. The SMILES string of the molecule is CC(C)C(CBr)NC(=O)c1cncs1. The van der Waals surface area contributed by atoms with Gasteiger partial charge in [0.05, 0.1) is 11.7 Å². The van der Waals surface area contributed by atoms with Crippen molar-refractivity contribution in [3.05, 3.63) is 16.6 Å².